The number of halogens is 1. The Kier molecular flexibility index (Phi) is 33.3. The Morgan fingerprint density at radius 2 is 0.849 bits per heavy atom. The summed E-state index contributed by atoms with van der Waals surface area (Å²) in [5, 5.41) is 43.7. The third kappa shape index (κ3) is 25.9. The average molecular weight is 1520 g/mol. The number of hydrogen-bond acceptors (Lipinski definition) is 17. The number of hydrogen-bond donors (Lipinski definition) is 9. The zero-order valence-electron chi connectivity index (χ0n) is 58.6. The minimum Gasteiger partial charge on any atom is -0.480 e. The summed E-state index contributed by atoms with van der Waals surface area (Å²) in [6, 6.07) is 47.7. The number of primary amides is 2. The first-order chi connectivity index (χ1) is 49.7. The van der Waals surface area contributed by atoms with E-state index in [1.165, 1.54) is 31.2 Å². The van der Waals surface area contributed by atoms with Gasteiger partial charge in [-0.15, -0.1) is 12.4 Å². The van der Waals surface area contributed by atoms with Gasteiger partial charge in [0.2, 0.25) is 23.6 Å². The number of aryl methyl sites for hydroxylation is 2. The predicted octanol–water partition coefficient (Wildman–Crippen LogP) is 8.27. The number of aromatic nitrogens is 2. The number of benzene rings is 6. The van der Waals surface area contributed by atoms with Crippen LogP contribution >= 0.6 is 12.4 Å². The molecule has 0 saturated heterocycles. The van der Waals surface area contributed by atoms with E-state index >= 15 is 0 Å². The fourth-order valence-electron chi connectivity index (χ4n) is 11.8. The van der Waals surface area contributed by atoms with Crippen molar-refractivity contribution in [3.63, 3.8) is 0 Å². The zero-order chi connectivity index (χ0) is 74.9. The van der Waals surface area contributed by atoms with E-state index in [0.29, 0.717) is 30.3 Å². The average Bonchev–Trinajstić information content (AvgIpc) is 0.813. The maximum Gasteiger partial charge on any atom is 0.326 e. The zero-order valence-corrected chi connectivity index (χ0v) is 61.0. The molecule has 2 fully saturated rings. The van der Waals surface area contributed by atoms with Gasteiger partial charge in [0.1, 0.15) is 23.5 Å². The Labute approximate surface area is 624 Å². The van der Waals surface area contributed by atoms with Crippen molar-refractivity contribution in [1.29, 1.82) is 0 Å². The number of carboxylic acids is 1. The minimum absolute atomic E-state index is 0. The van der Waals surface area contributed by atoms with Crippen molar-refractivity contribution < 1.29 is 75.4 Å². The summed E-state index contributed by atoms with van der Waals surface area (Å²) in [6.07, 6.45) is 4.97. The smallest absolute Gasteiger partial charge is 0.326 e. The highest BCUT2D eigenvalue weighted by atomic mass is 35.5. The number of rotatable bonds is 30. The van der Waals surface area contributed by atoms with Gasteiger partial charge in [0.05, 0.1) is 83.3 Å². The summed E-state index contributed by atoms with van der Waals surface area (Å²) in [4.78, 5) is 105. The molecule has 2 saturated carbocycles. The molecule has 2 aromatic heterocycles. The predicted molar refractivity (Wildman–Crippen MR) is 403 cm³/mol. The third-order valence-electron chi connectivity index (χ3n) is 17.4. The van der Waals surface area contributed by atoms with Gasteiger partial charge in [-0.3, -0.25) is 38.4 Å². The van der Waals surface area contributed by atoms with E-state index < -0.39 is 111 Å². The fraction of sp³-hybridized carbons (Fsp3) is 0.364. The van der Waals surface area contributed by atoms with Crippen LogP contribution in [0.2, 0.25) is 0 Å². The number of nitrogens with two attached hydrogens (primary N) is 2. The van der Waals surface area contributed by atoms with Crippen LogP contribution in [0.15, 0.2) is 192 Å². The van der Waals surface area contributed by atoms with Crippen molar-refractivity contribution in [1.82, 2.24) is 40.2 Å². The molecule has 0 bridgehead atoms. The summed E-state index contributed by atoms with van der Waals surface area (Å²) in [5.41, 5.74) is 15.2. The molecule has 568 valence electrons. The second-order valence-electron chi connectivity index (χ2n) is 25.8. The van der Waals surface area contributed by atoms with Crippen molar-refractivity contribution in [2.24, 2.45) is 11.5 Å². The molecule has 10 rings (SSSR count). The van der Waals surface area contributed by atoms with Gasteiger partial charge in [0.25, 0.3) is 31.9 Å². The van der Waals surface area contributed by atoms with Crippen LogP contribution in [0, 0.1) is 13.8 Å². The number of sulfonamides is 2. The quantitative estimate of drug-likeness (QED) is 0.0191. The lowest BCUT2D eigenvalue weighted by Gasteiger charge is -2.33. The van der Waals surface area contributed by atoms with E-state index in [1.54, 1.807) is 97.1 Å². The number of hydroxylamine groups is 2. The number of aliphatic hydroxyl groups excluding tert-OH is 2. The number of carboxylic acid groups (broad SMARTS) is 1. The summed E-state index contributed by atoms with van der Waals surface area (Å²) in [6.45, 7) is 4.32. The Hall–Kier alpha value is -9.62. The lowest BCUT2D eigenvalue weighted by Crippen LogP contribution is -2.56. The molecule has 6 aromatic carbocycles. The Morgan fingerprint density at radius 1 is 0.491 bits per heavy atom. The Morgan fingerprint density at radius 3 is 1.23 bits per heavy atom. The molecule has 6 atom stereocenters. The molecule has 106 heavy (non-hydrogen) atoms. The summed E-state index contributed by atoms with van der Waals surface area (Å²) in [7, 11) is -8.24. The molecule has 0 unspecified atom stereocenters. The number of pyridine rings is 2. The number of amides is 6. The first kappa shape index (κ1) is 85.3. The summed E-state index contributed by atoms with van der Waals surface area (Å²) < 4.78 is 56.5. The molecule has 0 spiro atoms. The van der Waals surface area contributed by atoms with Crippen molar-refractivity contribution in [3.05, 3.63) is 216 Å². The van der Waals surface area contributed by atoms with Gasteiger partial charge in [-0.2, -0.15) is 0 Å². The molecule has 11 N–H and O–H groups in total. The molecular formula is C77H95ClN10O16S2. The highest BCUT2D eigenvalue weighted by Gasteiger charge is 2.37. The van der Waals surface area contributed by atoms with E-state index in [9.17, 15) is 60.6 Å². The number of nitrogens with one attached hydrogen (secondary N) is 4. The monoisotopic (exact) mass is 1510 g/mol. The van der Waals surface area contributed by atoms with Crippen molar-refractivity contribution in [2.45, 2.75) is 176 Å². The maximum absolute atomic E-state index is 13.9. The molecule has 2 heterocycles. The lowest BCUT2D eigenvalue weighted by molar-refractivity contribution is -0.157. The van der Waals surface area contributed by atoms with Gasteiger partial charge >= 0.3 is 5.97 Å². The van der Waals surface area contributed by atoms with Crippen LogP contribution in [0.3, 0.4) is 0 Å². The van der Waals surface area contributed by atoms with Crippen LogP contribution in [-0.4, -0.2) is 154 Å². The SMILES string of the molecule is C.CC(=O)N[C@@H](Cc1ccccc1)[C@H](O)CN(OC1CCCCC1)S(=O)(=O)c1ccc(C)cc1.Cc1ccc(S(=O)(=O)N(C[C@@H](O)[C@H](Cc2ccccc2)NC(=O)[C@H](CC(N)=O)NC(=O)c2ccc3ccccc3n2)OC2CCCCC2)cc1.Cl.NC(=O)C[C@H](NC(=O)c1ccc2ccccc2n1)C(=O)O. The number of nitrogens with zero attached hydrogens (tertiary/aromatic N) is 4. The number of aliphatic carboxylic acids is 1. The molecule has 8 aromatic rings. The number of fused-ring (bicyclic) bond motifs is 2. The van der Waals surface area contributed by atoms with Crippen molar-refractivity contribution >= 4 is 95.7 Å². The van der Waals surface area contributed by atoms with E-state index in [1.807, 2.05) is 74.5 Å². The molecule has 26 nitrogen and oxygen atoms in total. The highest BCUT2D eigenvalue weighted by Crippen LogP contribution is 2.28. The van der Waals surface area contributed by atoms with Crippen LogP contribution in [0.1, 0.15) is 135 Å². The van der Waals surface area contributed by atoms with Crippen molar-refractivity contribution in [2.75, 3.05) is 13.1 Å². The first-order valence-electron chi connectivity index (χ1n) is 34.4. The number of carbonyl (C=O) groups excluding carboxylic acids is 6. The van der Waals surface area contributed by atoms with Crippen LogP contribution in [0.5, 0.6) is 0 Å². The van der Waals surface area contributed by atoms with E-state index in [2.05, 4.69) is 31.2 Å². The Balaban J connectivity index is 0.000000270. The largest absolute Gasteiger partial charge is 0.480 e. The van der Waals surface area contributed by atoms with Gasteiger partial charge < -0.3 is 48.1 Å². The van der Waals surface area contributed by atoms with E-state index in [-0.39, 0.29) is 72.1 Å². The molecule has 2 aliphatic rings. The van der Waals surface area contributed by atoms with Crippen LogP contribution in [0.4, 0.5) is 0 Å². The summed E-state index contributed by atoms with van der Waals surface area (Å²) in [5.74, 6) is -5.44. The molecule has 0 aliphatic heterocycles. The van der Waals surface area contributed by atoms with Gasteiger partial charge in [-0.05, 0) is 112 Å². The van der Waals surface area contributed by atoms with Crippen LogP contribution in [0.25, 0.3) is 21.8 Å². The molecule has 29 heteroatoms. The number of para-hydroxylation sites is 2. The topological polar surface area (TPSA) is 399 Å². The second kappa shape index (κ2) is 41.3. The normalized spacial score (nSPS) is 15.0. The van der Waals surface area contributed by atoms with Gasteiger partial charge in [-0.1, -0.05) is 199 Å². The maximum atomic E-state index is 13.9. The molecule has 2 aliphatic carbocycles. The van der Waals surface area contributed by atoms with E-state index in [4.69, 9.17) is 26.2 Å². The third-order valence-corrected chi connectivity index (χ3v) is 20.7. The van der Waals surface area contributed by atoms with Crippen molar-refractivity contribution in [3.8, 4) is 0 Å². The van der Waals surface area contributed by atoms with Gasteiger partial charge in [0, 0.05) is 17.7 Å². The molecule has 6 amide bonds. The van der Waals surface area contributed by atoms with E-state index in [0.717, 1.165) is 93.3 Å². The first-order valence-corrected chi connectivity index (χ1v) is 37.3. The Bertz CT molecular complexity index is 4450. The number of aliphatic hydroxyl groups is 2. The standard InChI is InChI=1S/C37H43N5O7S.C25H34N2O5S.C14H13N3O4.CH4.ClH/c1-25-16-19-29(20-17-25)50(47,48)42(49-28-13-6-3-7-14-28)24-34(43)32(22-26-10-4-2-5-11-26)40-37(46)33(23-35(38)44)41-36(45)31-21-18-27-12-8-9-15-30(27)39-31;1-19-13-15-23(16-14-19)33(30,31)27(32-22-11-7-4-8-12-22)18-25(29)24(26-20(2)28)17-21-9-5-3-6-10-21;15-12(18)7-11(14(20)21)17-13(19)10-6-5-8-3-1-2-4-9(8)16-10;;/h2,4-5,8-12,15-21,28,32-34,43H,3,6-7,13-14,22-24H2,1H3,(H2,38,44)(H,40,46)(H,41,45);3,5-6,9-10,13-16,22,24-25,29H,4,7-8,11-12,17-18H2,1-2H3,(H,26,28);1-6,11H,7H2,(H2,15,18)(H,17,19)(H,20,21);1H4;1H/t32-,33-,34+;24-,25+;11-;;/m000../s1. The van der Waals surface area contributed by atoms with Gasteiger partial charge in [-0.25, -0.2) is 31.6 Å². The van der Waals surface area contributed by atoms with Gasteiger partial charge in [0.15, 0.2) is 0 Å². The summed E-state index contributed by atoms with van der Waals surface area (Å²) >= 11 is 0. The van der Waals surface area contributed by atoms with Crippen LogP contribution < -0.4 is 32.7 Å². The minimum atomic E-state index is -4.23. The fourth-order valence-corrected chi connectivity index (χ4v) is 14.4. The lowest BCUT2D eigenvalue weighted by atomic mass is 9.98. The highest BCUT2D eigenvalue weighted by molar-refractivity contribution is 7.89. The van der Waals surface area contributed by atoms with Crippen LogP contribution in [-0.2, 0) is 66.5 Å². The number of carbonyl (C=O) groups is 7. The molecule has 0 radical (unpaired) electrons. The molecular weight excluding hydrogens is 1420 g/mol. The second-order valence-corrected chi connectivity index (χ2v) is 29.4.